The van der Waals surface area contributed by atoms with Crippen LogP contribution in [0.3, 0.4) is 0 Å². The van der Waals surface area contributed by atoms with Crippen molar-refractivity contribution in [3.05, 3.63) is 35.7 Å². The first-order valence-corrected chi connectivity index (χ1v) is 5.70. The van der Waals surface area contributed by atoms with E-state index in [1.54, 1.807) is 25.3 Å². The van der Waals surface area contributed by atoms with Gasteiger partial charge in [-0.2, -0.15) is 5.26 Å². The quantitative estimate of drug-likeness (QED) is 0.488. The Bertz CT molecular complexity index is 472. The molecule has 5 heteroatoms. The van der Waals surface area contributed by atoms with Gasteiger partial charge in [0.15, 0.2) is 5.57 Å². The molecule has 1 aromatic rings. The lowest BCUT2D eigenvalue weighted by Crippen LogP contribution is -2.08. The van der Waals surface area contributed by atoms with Gasteiger partial charge in [-0.05, 0) is 25.0 Å². The van der Waals surface area contributed by atoms with Gasteiger partial charge in [0.25, 0.3) is 0 Å². The van der Waals surface area contributed by atoms with E-state index in [9.17, 15) is 4.79 Å². The number of ether oxygens (including phenoxy) is 1. The third kappa shape index (κ3) is 3.91. The summed E-state index contributed by atoms with van der Waals surface area (Å²) >= 11 is 0. The number of aryl methyl sites for hydroxylation is 1. The van der Waals surface area contributed by atoms with Gasteiger partial charge in [-0.25, -0.2) is 9.78 Å². The number of esters is 1. The van der Waals surface area contributed by atoms with E-state index in [1.165, 1.54) is 6.20 Å². The van der Waals surface area contributed by atoms with Gasteiger partial charge in [-0.3, -0.25) is 0 Å². The Labute approximate surface area is 106 Å². The fourth-order valence-electron chi connectivity index (χ4n) is 1.21. The molecule has 0 spiro atoms. The molecule has 1 N–H and O–H groups in total. The molecule has 1 rings (SSSR count). The minimum atomic E-state index is -0.641. The normalized spacial score (nSPS) is 10.6. The molecule has 0 saturated carbocycles. The predicted octanol–water partition coefficient (Wildman–Crippen LogP) is 2.03. The minimum Gasteiger partial charge on any atom is -0.462 e. The number of rotatable bonds is 5. The maximum absolute atomic E-state index is 11.3. The van der Waals surface area contributed by atoms with Gasteiger partial charge in [0.2, 0.25) is 0 Å². The van der Waals surface area contributed by atoms with Gasteiger partial charge in [0.1, 0.15) is 11.9 Å². The van der Waals surface area contributed by atoms with Crippen molar-refractivity contribution in [2.24, 2.45) is 0 Å². The topological polar surface area (TPSA) is 75.0 Å². The number of aromatic nitrogens is 1. The van der Waals surface area contributed by atoms with Crippen molar-refractivity contribution in [3.63, 3.8) is 0 Å². The molecule has 0 aliphatic carbocycles. The highest BCUT2D eigenvalue weighted by atomic mass is 16.5. The average Bonchev–Trinajstić information content (AvgIpc) is 2.40. The van der Waals surface area contributed by atoms with Crippen LogP contribution in [0.1, 0.15) is 19.4 Å². The summed E-state index contributed by atoms with van der Waals surface area (Å²) < 4.78 is 4.73. The lowest BCUT2D eigenvalue weighted by atomic mass is 10.2. The maximum Gasteiger partial charge on any atom is 0.350 e. The zero-order chi connectivity index (χ0) is 13.4. The van der Waals surface area contributed by atoms with E-state index in [0.717, 1.165) is 12.0 Å². The van der Waals surface area contributed by atoms with Gasteiger partial charge in [0.05, 0.1) is 6.61 Å². The molecule has 1 heterocycles. The number of carbonyl (C=O) groups is 1. The van der Waals surface area contributed by atoms with Crippen molar-refractivity contribution in [2.75, 3.05) is 11.9 Å². The number of hydrogen-bond acceptors (Lipinski definition) is 5. The van der Waals surface area contributed by atoms with E-state index in [-0.39, 0.29) is 12.2 Å². The average molecular weight is 245 g/mol. The Morgan fingerprint density at radius 3 is 2.83 bits per heavy atom. The van der Waals surface area contributed by atoms with Gasteiger partial charge >= 0.3 is 5.97 Å². The third-order valence-corrected chi connectivity index (χ3v) is 2.21. The van der Waals surface area contributed by atoms with E-state index >= 15 is 0 Å². The summed E-state index contributed by atoms with van der Waals surface area (Å²) in [6, 6.07) is 5.49. The van der Waals surface area contributed by atoms with Crippen molar-refractivity contribution in [2.45, 2.75) is 20.3 Å². The Balaban J connectivity index is 2.71. The number of nitriles is 1. The molecule has 18 heavy (non-hydrogen) atoms. The first-order chi connectivity index (χ1) is 8.71. The van der Waals surface area contributed by atoms with Crippen LogP contribution in [0.5, 0.6) is 0 Å². The molecule has 1 aromatic heterocycles. The van der Waals surface area contributed by atoms with Crippen LogP contribution in [0.15, 0.2) is 30.1 Å². The molecule has 0 bridgehead atoms. The second kappa shape index (κ2) is 7.07. The molecule has 0 aromatic carbocycles. The molecule has 0 radical (unpaired) electrons. The van der Waals surface area contributed by atoms with E-state index in [2.05, 4.69) is 10.3 Å². The highest BCUT2D eigenvalue weighted by Crippen LogP contribution is 2.06. The monoisotopic (exact) mass is 245 g/mol. The summed E-state index contributed by atoms with van der Waals surface area (Å²) in [5.41, 5.74) is 1.04. The van der Waals surface area contributed by atoms with Crippen LogP contribution in [0.4, 0.5) is 5.82 Å². The van der Waals surface area contributed by atoms with Crippen LogP contribution in [0.2, 0.25) is 0 Å². The van der Waals surface area contributed by atoms with Crippen LogP contribution in [0.25, 0.3) is 0 Å². The Morgan fingerprint density at radius 2 is 2.33 bits per heavy atom. The second-order valence-corrected chi connectivity index (χ2v) is 3.44. The largest absolute Gasteiger partial charge is 0.462 e. The minimum absolute atomic E-state index is 0.0850. The van der Waals surface area contributed by atoms with Crippen molar-refractivity contribution >= 4 is 11.8 Å². The fraction of sp³-hybridized carbons (Fsp3) is 0.308. The number of nitrogens with one attached hydrogen (secondary N) is 1. The summed E-state index contributed by atoms with van der Waals surface area (Å²) in [4.78, 5) is 15.5. The first-order valence-electron chi connectivity index (χ1n) is 5.70. The summed E-state index contributed by atoms with van der Waals surface area (Å²) in [5, 5.41) is 11.6. The van der Waals surface area contributed by atoms with Crippen LogP contribution in [-0.4, -0.2) is 17.6 Å². The van der Waals surface area contributed by atoms with Gasteiger partial charge < -0.3 is 10.1 Å². The van der Waals surface area contributed by atoms with Crippen LogP contribution in [-0.2, 0) is 16.0 Å². The number of carbonyl (C=O) groups excluding carboxylic acids is 1. The Morgan fingerprint density at radius 1 is 1.56 bits per heavy atom. The summed E-state index contributed by atoms with van der Waals surface area (Å²) in [7, 11) is 0. The third-order valence-electron chi connectivity index (χ3n) is 2.21. The Hall–Kier alpha value is -2.35. The predicted molar refractivity (Wildman–Crippen MR) is 67.6 cm³/mol. The lowest BCUT2D eigenvalue weighted by molar-refractivity contribution is -0.138. The van der Waals surface area contributed by atoms with E-state index in [0.29, 0.717) is 5.82 Å². The van der Waals surface area contributed by atoms with Crippen molar-refractivity contribution in [3.8, 4) is 6.07 Å². The summed E-state index contributed by atoms with van der Waals surface area (Å²) in [5.74, 6) is -0.0677. The van der Waals surface area contributed by atoms with Crippen LogP contribution in [0, 0.1) is 11.3 Å². The van der Waals surface area contributed by atoms with Crippen LogP contribution >= 0.6 is 0 Å². The number of nitrogens with zero attached hydrogens (tertiary/aromatic N) is 2. The smallest absolute Gasteiger partial charge is 0.350 e. The van der Waals surface area contributed by atoms with E-state index < -0.39 is 5.97 Å². The molecular formula is C13H15N3O2. The fourth-order valence-corrected chi connectivity index (χ4v) is 1.21. The molecular weight excluding hydrogens is 230 g/mol. The molecule has 5 nitrogen and oxygen atoms in total. The van der Waals surface area contributed by atoms with Gasteiger partial charge in [-0.1, -0.05) is 13.0 Å². The Kier molecular flexibility index (Phi) is 5.39. The molecule has 0 aliphatic heterocycles. The second-order valence-electron chi connectivity index (χ2n) is 3.44. The first kappa shape index (κ1) is 13.7. The summed E-state index contributed by atoms with van der Waals surface area (Å²) in [6.07, 6.45) is 3.95. The standard InChI is InChI=1S/C13H15N3O2/c1-3-10-5-6-12(15-8-10)16-9-11(7-14)13(17)18-4-2/h5-6,8-9H,3-4H2,1-2H3,(H,15,16). The van der Waals surface area contributed by atoms with Gasteiger partial charge in [-0.15, -0.1) is 0 Å². The highest BCUT2D eigenvalue weighted by molar-refractivity contribution is 5.93. The van der Waals surface area contributed by atoms with Crippen molar-refractivity contribution in [1.29, 1.82) is 5.26 Å². The SMILES string of the molecule is CCOC(=O)C(C#N)=CNc1ccc(CC)cn1. The van der Waals surface area contributed by atoms with E-state index in [4.69, 9.17) is 10.00 Å². The maximum atomic E-state index is 11.3. The number of anilines is 1. The molecule has 0 amide bonds. The molecule has 0 saturated heterocycles. The van der Waals surface area contributed by atoms with Crippen molar-refractivity contribution < 1.29 is 9.53 Å². The zero-order valence-corrected chi connectivity index (χ0v) is 10.4. The van der Waals surface area contributed by atoms with Gasteiger partial charge in [0, 0.05) is 12.4 Å². The zero-order valence-electron chi connectivity index (χ0n) is 10.4. The highest BCUT2D eigenvalue weighted by Gasteiger charge is 2.09. The molecule has 0 fully saturated rings. The van der Waals surface area contributed by atoms with Crippen molar-refractivity contribution in [1.82, 2.24) is 4.98 Å². The summed E-state index contributed by atoms with van der Waals surface area (Å²) in [6.45, 7) is 3.96. The van der Waals surface area contributed by atoms with Crippen LogP contribution < -0.4 is 5.32 Å². The molecule has 0 unspecified atom stereocenters. The molecule has 94 valence electrons. The molecule has 0 aliphatic rings. The van der Waals surface area contributed by atoms with E-state index in [1.807, 2.05) is 13.0 Å². The molecule has 0 atom stereocenters. The number of hydrogen-bond donors (Lipinski definition) is 1. The lowest BCUT2D eigenvalue weighted by Gasteiger charge is -2.02. The number of pyridine rings is 1.